The molecule has 0 aliphatic heterocycles. The van der Waals surface area contributed by atoms with Crippen molar-refractivity contribution < 1.29 is 0 Å². The highest BCUT2D eigenvalue weighted by molar-refractivity contribution is 4.94. The zero-order valence-electron chi connectivity index (χ0n) is 11.5. The molecule has 0 rings (SSSR count). The fourth-order valence-electron chi connectivity index (χ4n) is 0.547. The van der Waals surface area contributed by atoms with Crippen molar-refractivity contribution in [3.63, 3.8) is 0 Å². The Morgan fingerprint density at radius 1 is 1.00 bits per heavy atom. The Kier molecular flexibility index (Phi) is 10.8. The molecule has 4 nitrogen and oxygen atoms in total. The Hall–Kier alpha value is -0.630. The van der Waals surface area contributed by atoms with Gasteiger partial charge in [-0.25, -0.2) is 0 Å². The highest BCUT2D eigenvalue weighted by Gasteiger charge is 2.19. The molecular weight excluding hydrogens is 212 g/mol. The van der Waals surface area contributed by atoms with Crippen LogP contribution < -0.4 is 17.2 Å². The molecule has 0 fully saturated rings. The molecule has 4 heteroatoms. The van der Waals surface area contributed by atoms with E-state index < -0.39 is 0 Å². The molecule has 17 heavy (non-hydrogen) atoms. The van der Waals surface area contributed by atoms with E-state index in [9.17, 15) is 0 Å². The minimum absolute atomic E-state index is 0. The third kappa shape index (κ3) is 11.6. The van der Waals surface area contributed by atoms with Crippen molar-refractivity contribution in [3.05, 3.63) is 0 Å². The monoisotopic (exact) mass is 244 g/mol. The predicted molar refractivity (Wildman–Crippen MR) is 76.3 cm³/mol. The molecule has 0 aliphatic rings. The minimum atomic E-state index is -0.345. The maximum Gasteiger partial charge on any atom is 0.0976 e. The number of hydrogen-bond acceptors (Lipinski definition) is 4. The van der Waals surface area contributed by atoms with Crippen molar-refractivity contribution >= 4 is 0 Å². The van der Waals surface area contributed by atoms with Gasteiger partial charge in [0.05, 0.1) is 12.1 Å². The standard InChI is InChI=1S/C6H16N2.C6H12N2.CH4/c2*1-6(2,3)5(8)4-7;/h5H,4,7-8H2,1-3H3;5H,8H2,1-3H3;1H4. The lowest BCUT2D eigenvalue weighted by atomic mass is 9.88. The Bertz CT molecular complexity index is 217. The summed E-state index contributed by atoms with van der Waals surface area (Å²) in [6.07, 6.45) is 0. The zero-order valence-corrected chi connectivity index (χ0v) is 11.5. The van der Waals surface area contributed by atoms with Gasteiger partial charge in [-0.05, 0) is 10.8 Å². The Morgan fingerprint density at radius 2 is 1.35 bits per heavy atom. The van der Waals surface area contributed by atoms with E-state index in [1.807, 2.05) is 26.8 Å². The first-order chi connectivity index (χ1) is 6.96. The summed E-state index contributed by atoms with van der Waals surface area (Å²) in [5.41, 5.74) is 16.4. The van der Waals surface area contributed by atoms with Gasteiger partial charge in [-0.2, -0.15) is 5.26 Å². The van der Waals surface area contributed by atoms with Crippen molar-refractivity contribution in [2.24, 2.45) is 28.0 Å². The number of hydrogen-bond donors (Lipinski definition) is 3. The van der Waals surface area contributed by atoms with Crippen LogP contribution in [0.2, 0.25) is 0 Å². The molecule has 0 aromatic carbocycles. The van der Waals surface area contributed by atoms with Gasteiger partial charge in [0.25, 0.3) is 0 Å². The summed E-state index contributed by atoms with van der Waals surface area (Å²) in [7, 11) is 0. The lowest BCUT2D eigenvalue weighted by Gasteiger charge is -2.25. The third-order valence-corrected chi connectivity index (χ3v) is 2.44. The van der Waals surface area contributed by atoms with Crippen LogP contribution in [0.4, 0.5) is 0 Å². The third-order valence-electron chi connectivity index (χ3n) is 2.44. The first-order valence-corrected chi connectivity index (χ1v) is 5.57. The first kappa shape index (κ1) is 21.6. The van der Waals surface area contributed by atoms with Gasteiger partial charge in [-0.1, -0.05) is 49.0 Å². The summed E-state index contributed by atoms with van der Waals surface area (Å²) in [5.74, 6) is 0. The van der Waals surface area contributed by atoms with Crippen LogP contribution in [0.5, 0.6) is 0 Å². The topological polar surface area (TPSA) is 102 Å². The molecule has 0 heterocycles. The van der Waals surface area contributed by atoms with Crippen LogP contribution in [-0.4, -0.2) is 18.6 Å². The Morgan fingerprint density at radius 3 is 1.35 bits per heavy atom. The molecule has 0 saturated heterocycles. The maximum absolute atomic E-state index is 8.30. The molecule has 0 amide bonds. The number of nitriles is 1. The quantitative estimate of drug-likeness (QED) is 0.655. The average Bonchev–Trinajstić information content (AvgIpc) is 2.13. The summed E-state index contributed by atoms with van der Waals surface area (Å²) in [4.78, 5) is 0. The van der Waals surface area contributed by atoms with Crippen LogP contribution in [-0.2, 0) is 0 Å². The van der Waals surface area contributed by atoms with Crippen LogP contribution in [0.1, 0.15) is 49.0 Å². The van der Waals surface area contributed by atoms with Crippen molar-refractivity contribution in [1.82, 2.24) is 0 Å². The first-order valence-electron chi connectivity index (χ1n) is 5.57. The second-order valence-corrected chi connectivity index (χ2v) is 6.18. The van der Waals surface area contributed by atoms with Crippen LogP contribution in [0, 0.1) is 22.2 Å². The molecule has 0 saturated carbocycles. The van der Waals surface area contributed by atoms with E-state index in [1.54, 1.807) is 0 Å². The van der Waals surface area contributed by atoms with E-state index in [-0.39, 0.29) is 30.3 Å². The summed E-state index contributed by atoms with van der Waals surface area (Å²) in [5, 5.41) is 8.30. The number of rotatable bonds is 1. The maximum atomic E-state index is 8.30. The molecule has 0 aliphatic carbocycles. The van der Waals surface area contributed by atoms with Gasteiger partial charge in [0, 0.05) is 12.6 Å². The number of nitrogens with zero attached hydrogens (tertiary/aromatic N) is 1. The summed E-state index contributed by atoms with van der Waals surface area (Å²) in [6, 6.07) is 1.77. The SMILES string of the molecule is C.CC(C)(C)C(N)C#N.CC(C)(C)C(N)CN. The second kappa shape index (κ2) is 8.46. The van der Waals surface area contributed by atoms with Crippen molar-refractivity contribution in [2.45, 2.75) is 61.1 Å². The van der Waals surface area contributed by atoms with Crippen LogP contribution >= 0.6 is 0 Å². The molecule has 2 atom stereocenters. The summed E-state index contributed by atoms with van der Waals surface area (Å²) >= 11 is 0. The van der Waals surface area contributed by atoms with Crippen LogP contribution in [0.25, 0.3) is 0 Å². The van der Waals surface area contributed by atoms with E-state index in [4.69, 9.17) is 22.5 Å². The lowest BCUT2D eigenvalue weighted by molar-refractivity contribution is 0.326. The van der Waals surface area contributed by atoms with E-state index in [1.165, 1.54) is 0 Å². The molecule has 0 spiro atoms. The largest absolute Gasteiger partial charge is 0.329 e. The molecule has 0 bridgehead atoms. The van der Waals surface area contributed by atoms with Crippen LogP contribution in [0.15, 0.2) is 0 Å². The molecule has 0 aromatic rings. The van der Waals surface area contributed by atoms with Crippen molar-refractivity contribution in [1.29, 1.82) is 5.26 Å². The fourth-order valence-corrected chi connectivity index (χ4v) is 0.547. The van der Waals surface area contributed by atoms with Gasteiger partial charge in [0.2, 0.25) is 0 Å². The fraction of sp³-hybridized carbons (Fsp3) is 0.923. The van der Waals surface area contributed by atoms with E-state index >= 15 is 0 Å². The normalized spacial score (nSPS) is 14.6. The van der Waals surface area contributed by atoms with Crippen LogP contribution in [0.3, 0.4) is 0 Å². The predicted octanol–water partition coefficient (Wildman–Crippen LogP) is 1.84. The van der Waals surface area contributed by atoms with E-state index in [2.05, 4.69) is 20.8 Å². The summed E-state index contributed by atoms with van der Waals surface area (Å²) in [6.45, 7) is 12.7. The van der Waals surface area contributed by atoms with Gasteiger partial charge in [-0.3, -0.25) is 0 Å². The van der Waals surface area contributed by atoms with Gasteiger partial charge < -0.3 is 17.2 Å². The molecule has 0 radical (unpaired) electrons. The molecule has 0 aromatic heterocycles. The summed E-state index contributed by atoms with van der Waals surface area (Å²) < 4.78 is 0. The van der Waals surface area contributed by atoms with E-state index in [0.717, 1.165) is 0 Å². The zero-order chi connectivity index (χ0) is 13.6. The lowest BCUT2D eigenvalue weighted by Crippen LogP contribution is -2.41. The minimum Gasteiger partial charge on any atom is -0.329 e. The Balaban J connectivity index is -0.000000218. The highest BCUT2D eigenvalue weighted by atomic mass is 14.7. The molecule has 2 unspecified atom stereocenters. The van der Waals surface area contributed by atoms with Gasteiger partial charge in [0.15, 0.2) is 0 Å². The van der Waals surface area contributed by atoms with Crippen molar-refractivity contribution in [2.75, 3.05) is 6.54 Å². The van der Waals surface area contributed by atoms with Gasteiger partial charge >= 0.3 is 0 Å². The highest BCUT2D eigenvalue weighted by Crippen LogP contribution is 2.16. The molecular formula is C13H32N4. The average molecular weight is 244 g/mol. The van der Waals surface area contributed by atoms with Crippen molar-refractivity contribution in [3.8, 4) is 6.07 Å². The smallest absolute Gasteiger partial charge is 0.0976 e. The Labute approximate surface area is 108 Å². The molecule has 104 valence electrons. The number of nitrogens with two attached hydrogens (primary N) is 3. The van der Waals surface area contributed by atoms with Gasteiger partial charge in [0.1, 0.15) is 0 Å². The molecule has 6 N–H and O–H groups in total. The van der Waals surface area contributed by atoms with Gasteiger partial charge in [-0.15, -0.1) is 0 Å². The second-order valence-electron chi connectivity index (χ2n) is 6.18. The van der Waals surface area contributed by atoms with E-state index in [0.29, 0.717) is 6.54 Å².